The van der Waals surface area contributed by atoms with E-state index in [1.807, 2.05) is 0 Å². The van der Waals surface area contributed by atoms with Gasteiger partial charge in [-0.25, -0.2) is 9.78 Å². The summed E-state index contributed by atoms with van der Waals surface area (Å²) in [7, 11) is 1.41. The number of rotatable bonds is 9. The number of carbonyl (C=O) groups is 3. The Balaban J connectivity index is 1.58. The molecule has 1 fully saturated rings. The van der Waals surface area contributed by atoms with Crippen molar-refractivity contribution in [3.05, 3.63) is 60.1 Å². The molecule has 3 heterocycles. The topological polar surface area (TPSA) is 178 Å². The number of aryl methyl sites for hydroxylation is 1. The SMILES string of the molecule is C=CC(=O)N1CCC[C@H](n2cc(Nc3ncc(C(N)=O)c(Nc4c(C)cc(C(=O)O)cc4OC)n3)cn2)C1. The van der Waals surface area contributed by atoms with Crippen LogP contribution in [-0.4, -0.2) is 67.7 Å². The van der Waals surface area contributed by atoms with Crippen molar-refractivity contribution in [2.24, 2.45) is 5.73 Å². The van der Waals surface area contributed by atoms with Gasteiger partial charge in [-0.15, -0.1) is 0 Å². The fraction of sp³-hybridized carbons (Fsp3) is 0.280. The monoisotopic (exact) mass is 520 g/mol. The number of nitrogens with two attached hydrogens (primary N) is 1. The Morgan fingerprint density at radius 2 is 2.05 bits per heavy atom. The fourth-order valence-corrected chi connectivity index (χ4v) is 4.27. The number of carbonyl (C=O) groups excluding carboxylic acids is 2. The van der Waals surface area contributed by atoms with Crippen LogP contribution < -0.4 is 21.1 Å². The molecule has 1 atom stereocenters. The Labute approximate surface area is 218 Å². The van der Waals surface area contributed by atoms with Gasteiger partial charge in [-0.2, -0.15) is 10.1 Å². The molecule has 1 saturated heterocycles. The predicted molar refractivity (Wildman–Crippen MR) is 139 cm³/mol. The molecule has 2 aromatic heterocycles. The highest BCUT2D eigenvalue weighted by molar-refractivity contribution is 5.98. The number of methoxy groups -OCH3 is 1. The van der Waals surface area contributed by atoms with Crippen molar-refractivity contribution in [3.63, 3.8) is 0 Å². The largest absolute Gasteiger partial charge is 0.495 e. The normalized spacial score (nSPS) is 15.0. The van der Waals surface area contributed by atoms with Crippen molar-refractivity contribution in [1.29, 1.82) is 0 Å². The lowest BCUT2D eigenvalue weighted by Gasteiger charge is -2.32. The van der Waals surface area contributed by atoms with E-state index >= 15 is 0 Å². The Bertz CT molecular complexity index is 1400. The van der Waals surface area contributed by atoms with Gasteiger partial charge in [0.05, 0.1) is 36.3 Å². The molecule has 3 aromatic rings. The van der Waals surface area contributed by atoms with E-state index in [0.717, 1.165) is 12.8 Å². The molecule has 0 bridgehead atoms. The van der Waals surface area contributed by atoms with Gasteiger partial charge < -0.3 is 31.1 Å². The Morgan fingerprint density at radius 3 is 2.74 bits per heavy atom. The molecule has 13 nitrogen and oxygen atoms in total. The third kappa shape index (κ3) is 5.56. The van der Waals surface area contributed by atoms with Crippen LogP contribution in [0, 0.1) is 6.92 Å². The lowest BCUT2D eigenvalue weighted by Crippen LogP contribution is -2.39. The first kappa shape index (κ1) is 26.1. The van der Waals surface area contributed by atoms with E-state index in [2.05, 4.69) is 32.3 Å². The van der Waals surface area contributed by atoms with Gasteiger partial charge >= 0.3 is 5.97 Å². The van der Waals surface area contributed by atoms with Crippen molar-refractivity contribution in [2.45, 2.75) is 25.8 Å². The van der Waals surface area contributed by atoms with E-state index in [1.54, 1.807) is 28.9 Å². The molecule has 5 N–H and O–H groups in total. The molecular weight excluding hydrogens is 492 g/mol. The Kier molecular flexibility index (Phi) is 7.55. The van der Waals surface area contributed by atoms with Gasteiger partial charge in [-0.3, -0.25) is 14.3 Å². The van der Waals surface area contributed by atoms with E-state index in [4.69, 9.17) is 10.5 Å². The van der Waals surface area contributed by atoms with Crippen molar-refractivity contribution in [2.75, 3.05) is 30.8 Å². The number of benzene rings is 1. The number of hydrogen-bond acceptors (Lipinski definition) is 9. The Morgan fingerprint density at radius 1 is 1.26 bits per heavy atom. The molecule has 1 aliphatic heterocycles. The predicted octanol–water partition coefficient (Wildman–Crippen LogP) is 2.62. The molecule has 4 rings (SSSR count). The van der Waals surface area contributed by atoms with Crippen molar-refractivity contribution in [3.8, 4) is 5.75 Å². The highest BCUT2D eigenvalue weighted by Gasteiger charge is 2.24. The third-order valence-corrected chi connectivity index (χ3v) is 6.18. The van der Waals surface area contributed by atoms with Crippen molar-refractivity contribution in [1.82, 2.24) is 24.6 Å². The molecule has 0 saturated carbocycles. The number of aromatic carboxylic acids is 1. The molecule has 0 aliphatic carbocycles. The van der Waals surface area contributed by atoms with E-state index in [0.29, 0.717) is 30.0 Å². The number of hydrogen-bond donors (Lipinski definition) is 4. The van der Waals surface area contributed by atoms with Gasteiger partial charge in [-0.1, -0.05) is 6.58 Å². The number of ether oxygens (including phenoxy) is 1. The maximum atomic E-state index is 12.1. The summed E-state index contributed by atoms with van der Waals surface area (Å²) >= 11 is 0. The summed E-state index contributed by atoms with van der Waals surface area (Å²) in [4.78, 5) is 45.9. The molecular formula is C25H28N8O5. The van der Waals surface area contributed by atoms with E-state index < -0.39 is 11.9 Å². The van der Waals surface area contributed by atoms with Gasteiger partial charge in [0.1, 0.15) is 17.1 Å². The van der Waals surface area contributed by atoms with Crippen LogP contribution in [0.5, 0.6) is 5.75 Å². The van der Waals surface area contributed by atoms with E-state index in [1.165, 1.54) is 31.5 Å². The highest BCUT2D eigenvalue weighted by Crippen LogP contribution is 2.33. The van der Waals surface area contributed by atoms with Gasteiger partial charge in [0.15, 0.2) is 0 Å². The number of amides is 2. The third-order valence-electron chi connectivity index (χ3n) is 6.18. The lowest BCUT2D eigenvalue weighted by atomic mass is 10.1. The number of piperidine rings is 1. The molecule has 0 spiro atoms. The summed E-state index contributed by atoms with van der Waals surface area (Å²) in [6.45, 7) is 6.48. The van der Waals surface area contributed by atoms with Crippen LogP contribution in [0.4, 0.5) is 23.1 Å². The molecule has 38 heavy (non-hydrogen) atoms. The number of anilines is 4. The molecule has 0 unspecified atom stereocenters. The van der Waals surface area contributed by atoms with Gasteiger partial charge in [0, 0.05) is 25.5 Å². The minimum Gasteiger partial charge on any atom is -0.495 e. The van der Waals surface area contributed by atoms with Crippen LogP contribution in [0.15, 0.2) is 43.4 Å². The number of carboxylic acid groups (broad SMARTS) is 1. The second kappa shape index (κ2) is 11.0. The first-order valence-corrected chi connectivity index (χ1v) is 11.8. The van der Waals surface area contributed by atoms with Gasteiger partial charge in [0.2, 0.25) is 11.9 Å². The smallest absolute Gasteiger partial charge is 0.335 e. The summed E-state index contributed by atoms with van der Waals surface area (Å²) in [5.41, 5.74) is 7.21. The number of aromatic nitrogens is 4. The number of nitrogens with zero attached hydrogens (tertiary/aromatic N) is 5. The molecule has 198 valence electrons. The molecule has 0 radical (unpaired) electrons. The van der Waals surface area contributed by atoms with E-state index in [-0.39, 0.29) is 40.6 Å². The quantitative estimate of drug-likeness (QED) is 0.307. The average Bonchev–Trinajstić information content (AvgIpc) is 3.37. The zero-order valence-electron chi connectivity index (χ0n) is 21.0. The van der Waals surface area contributed by atoms with Gasteiger partial charge in [-0.05, 0) is 43.5 Å². The molecule has 1 aromatic carbocycles. The van der Waals surface area contributed by atoms with Crippen molar-refractivity contribution < 1.29 is 24.2 Å². The number of nitrogens with one attached hydrogen (secondary N) is 2. The van der Waals surface area contributed by atoms with Crippen LogP contribution in [0.25, 0.3) is 0 Å². The lowest BCUT2D eigenvalue weighted by molar-refractivity contribution is -0.127. The first-order valence-electron chi connectivity index (χ1n) is 11.8. The van der Waals surface area contributed by atoms with Crippen molar-refractivity contribution >= 4 is 40.9 Å². The second-order valence-electron chi connectivity index (χ2n) is 8.74. The fourth-order valence-electron chi connectivity index (χ4n) is 4.27. The standard InChI is InChI=1S/C25H28N8O5/c1-4-20(34)32-7-5-6-17(13-32)33-12-16(10-28-33)29-25-27-11-18(22(26)35)23(31-25)30-21-14(2)8-15(24(36)37)9-19(21)38-3/h4,8-12,17H,1,5-7,13H2,2-3H3,(H2,26,35)(H,36,37)(H2,27,29,30,31)/t17-/m0/s1. The van der Waals surface area contributed by atoms with Gasteiger partial charge in [0.25, 0.3) is 5.91 Å². The number of carboxylic acids is 1. The minimum absolute atomic E-state index is 0.0165. The minimum atomic E-state index is -1.10. The van der Waals surface area contributed by atoms with Crippen LogP contribution in [-0.2, 0) is 4.79 Å². The summed E-state index contributed by atoms with van der Waals surface area (Å²) in [6.07, 6.45) is 7.75. The first-order chi connectivity index (χ1) is 18.2. The molecule has 13 heteroatoms. The summed E-state index contributed by atoms with van der Waals surface area (Å²) in [5.74, 6) is -1.42. The average molecular weight is 521 g/mol. The summed E-state index contributed by atoms with van der Waals surface area (Å²) in [5, 5.41) is 19.9. The zero-order valence-corrected chi connectivity index (χ0v) is 21.0. The number of likely N-dealkylation sites (tertiary alicyclic amines) is 1. The zero-order chi connectivity index (χ0) is 27.4. The summed E-state index contributed by atoms with van der Waals surface area (Å²) in [6, 6.07) is 2.86. The van der Waals surface area contributed by atoms with E-state index in [9.17, 15) is 19.5 Å². The highest BCUT2D eigenvalue weighted by atomic mass is 16.5. The number of primary amides is 1. The van der Waals surface area contributed by atoms with Crippen LogP contribution >= 0.6 is 0 Å². The van der Waals surface area contributed by atoms with Crippen LogP contribution in [0.3, 0.4) is 0 Å². The maximum Gasteiger partial charge on any atom is 0.335 e. The van der Waals surface area contributed by atoms with Crippen LogP contribution in [0.2, 0.25) is 0 Å². The second-order valence-corrected chi connectivity index (χ2v) is 8.74. The maximum absolute atomic E-state index is 12.1. The molecule has 1 aliphatic rings. The Hall–Kier alpha value is -4.94. The molecule has 2 amide bonds. The summed E-state index contributed by atoms with van der Waals surface area (Å²) < 4.78 is 7.15. The van der Waals surface area contributed by atoms with Crippen LogP contribution in [0.1, 0.15) is 45.2 Å².